The minimum Gasteiger partial charge on any atom is -0.493 e. The van der Waals surface area contributed by atoms with Crippen molar-refractivity contribution in [1.82, 2.24) is 5.43 Å². The number of benzene rings is 1. The van der Waals surface area contributed by atoms with Crippen molar-refractivity contribution in [3.63, 3.8) is 0 Å². The zero-order valence-electron chi connectivity index (χ0n) is 20.2. The molecule has 0 bridgehead atoms. The molecule has 0 fully saturated rings. The molecule has 1 aliphatic rings. The molecule has 0 unspecified atom stereocenters. The number of aryl methyl sites for hydroxylation is 1. The lowest BCUT2D eigenvalue weighted by molar-refractivity contribution is -0.136. The zero-order chi connectivity index (χ0) is 26.5. The second-order valence-corrected chi connectivity index (χ2v) is 9.93. The van der Waals surface area contributed by atoms with Crippen LogP contribution in [0, 0.1) is 0 Å². The molecule has 2 heterocycles. The van der Waals surface area contributed by atoms with Crippen molar-refractivity contribution in [2.24, 2.45) is 5.10 Å². The topological polar surface area (TPSA) is 132 Å². The van der Waals surface area contributed by atoms with Crippen LogP contribution in [0.15, 0.2) is 40.8 Å². The van der Waals surface area contributed by atoms with E-state index in [1.165, 1.54) is 36.9 Å². The number of hydrogen-bond acceptors (Lipinski definition) is 10. The van der Waals surface area contributed by atoms with Gasteiger partial charge in [-0.05, 0) is 61.4 Å². The number of nitrogens with zero attached hydrogens (tertiary/aromatic N) is 1. The molecule has 4 rings (SSSR count). The number of carbonyl (C=O) groups excluding carboxylic acids is 4. The van der Waals surface area contributed by atoms with Crippen LogP contribution in [-0.2, 0) is 27.2 Å². The van der Waals surface area contributed by atoms with Gasteiger partial charge >= 0.3 is 23.8 Å². The van der Waals surface area contributed by atoms with Crippen LogP contribution in [0.3, 0.4) is 0 Å². The summed E-state index contributed by atoms with van der Waals surface area (Å²) in [5, 5.41) is 8.56. The average Bonchev–Trinajstić information content (AvgIpc) is 3.65. The number of amides is 2. The first-order valence-corrected chi connectivity index (χ1v) is 12.8. The quantitative estimate of drug-likeness (QED) is 0.153. The number of hydrazone groups is 1. The number of nitrogens with one attached hydrogen (secondary N) is 2. The number of carbonyl (C=O) groups is 4. The van der Waals surface area contributed by atoms with Gasteiger partial charge < -0.3 is 19.5 Å². The molecule has 2 amide bonds. The number of thiophene rings is 2. The van der Waals surface area contributed by atoms with Gasteiger partial charge in [0.05, 0.1) is 25.5 Å². The summed E-state index contributed by atoms with van der Waals surface area (Å²) in [4.78, 5) is 50.8. The van der Waals surface area contributed by atoms with Crippen molar-refractivity contribution in [3.05, 3.63) is 62.2 Å². The summed E-state index contributed by atoms with van der Waals surface area (Å²) in [6.45, 7) is 1.63. The van der Waals surface area contributed by atoms with E-state index in [0.717, 1.165) is 29.7 Å². The fourth-order valence-corrected chi connectivity index (χ4v) is 5.61. The number of methoxy groups -OCH3 is 2. The SMILES string of the molecule is COC(=O)c1c(NC(=O)C(=O)N/N=C(\C)c2ccc(OC(=O)c3cccs3)c(OC)c2)sc2c1CCC2. The molecule has 3 aromatic rings. The Bertz CT molecular complexity index is 1390. The van der Waals surface area contributed by atoms with Gasteiger partial charge in [-0.25, -0.2) is 15.0 Å². The highest BCUT2D eigenvalue weighted by Gasteiger charge is 2.29. The zero-order valence-corrected chi connectivity index (χ0v) is 21.8. The largest absolute Gasteiger partial charge is 0.493 e. The van der Waals surface area contributed by atoms with Crippen LogP contribution >= 0.6 is 22.7 Å². The predicted octanol–water partition coefficient (Wildman–Crippen LogP) is 3.79. The van der Waals surface area contributed by atoms with Crippen molar-refractivity contribution in [2.75, 3.05) is 19.5 Å². The van der Waals surface area contributed by atoms with Crippen molar-refractivity contribution in [2.45, 2.75) is 26.2 Å². The number of esters is 2. The summed E-state index contributed by atoms with van der Waals surface area (Å²) < 4.78 is 15.6. The maximum atomic E-state index is 12.5. The number of fused-ring (bicyclic) bond motifs is 1. The van der Waals surface area contributed by atoms with Crippen LogP contribution in [-0.4, -0.2) is 43.7 Å². The lowest BCUT2D eigenvalue weighted by atomic mass is 10.1. The standard InChI is InChI=1S/C25H23N3O7S2/c1-13(14-9-10-16(17(12-14)33-2)35-24(31)19-8-5-11-36-19)27-28-22(30)21(29)26-23-20(25(32)34-3)15-6-4-7-18(15)37-23/h5,8-12H,4,6-7H2,1-3H3,(H,26,29)(H,28,30)/b27-13+. The molecule has 10 nitrogen and oxygen atoms in total. The fourth-order valence-electron chi connectivity index (χ4n) is 3.74. The normalized spacial score (nSPS) is 12.5. The Hall–Kier alpha value is -4.03. The fraction of sp³-hybridized carbons (Fsp3) is 0.240. The van der Waals surface area contributed by atoms with Crippen LogP contribution in [0.4, 0.5) is 5.00 Å². The number of rotatable bonds is 7. The van der Waals surface area contributed by atoms with E-state index in [0.29, 0.717) is 27.5 Å². The van der Waals surface area contributed by atoms with Crippen molar-refractivity contribution in [3.8, 4) is 11.5 Å². The molecule has 0 aliphatic heterocycles. The molecular formula is C25H23N3O7S2. The minimum atomic E-state index is -1.00. The Morgan fingerprint density at radius 1 is 1.00 bits per heavy atom. The van der Waals surface area contributed by atoms with Gasteiger partial charge in [0.25, 0.3) is 0 Å². The highest BCUT2D eigenvalue weighted by Crippen LogP contribution is 2.39. The van der Waals surface area contributed by atoms with E-state index in [4.69, 9.17) is 14.2 Å². The third-order valence-electron chi connectivity index (χ3n) is 5.58. The molecule has 0 saturated carbocycles. The molecule has 2 aromatic heterocycles. The van der Waals surface area contributed by atoms with E-state index >= 15 is 0 Å². The van der Waals surface area contributed by atoms with E-state index < -0.39 is 23.8 Å². The van der Waals surface area contributed by atoms with Crippen molar-refractivity contribution in [1.29, 1.82) is 0 Å². The molecule has 0 atom stereocenters. The molecular weight excluding hydrogens is 518 g/mol. The van der Waals surface area contributed by atoms with E-state index in [2.05, 4.69) is 15.8 Å². The predicted molar refractivity (Wildman–Crippen MR) is 139 cm³/mol. The summed E-state index contributed by atoms with van der Waals surface area (Å²) in [5.74, 6) is -2.50. The monoisotopic (exact) mass is 541 g/mol. The van der Waals surface area contributed by atoms with Crippen LogP contribution < -0.4 is 20.2 Å². The third-order valence-corrected chi connectivity index (χ3v) is 7.63. The van der Waals surface area contributed by atoms with Gasteiger partial charge in [-0.3, -0.25) is 9.59 Å². The highest BCUT2D eigenvalue weighted by atomic mass is 32.1. The highest BCUT2D eigenvalue weighted by molar-refractivity contribution is 7.17. The van der Waals surface area contributed by atoms with E-state index in [-0.39, 0.29) is 10.8 Å². The summed E-state index contributed by atoms with van der Waals surface area (Å²) in [6, 6.07) is 8.20. The van der Waals surface area contributed by atoms with Gasteiger partial charge in [0.1, 0.15) is 9.88 Å². The molecule has 1 aliphatic carbocycles. The van der Waals surface area contributed by atoms with Gasteiger partial charge in [0.15, 0.2) is 11.5 Å². The Kier molecular flexibility index (Phi) is 7.99. The smallest absolute Gasteiger partial charge is 0.353 e. The Morgan fingerprint density at radius 2 is 1.81 bits per heavy atom. The van der Waals surface area contributed by atoms with Gasteiger partial charge in [0, 0.05) is 10.4 Å². The third kappa shape index (κ3) is 5.70. The molecule has 1 aromatic carbocycles. The Balaban J connectivity index is 1.42. The maximum absolute atomic E-state index is 12.5. The van der Waals surface area contributed by atoms with Crippen LogP contribution in [0.1, 0.15) is 49.4 Å². The summed E-state index contributed by atoms with van der Waals surface area (Å²) in [5.41, 5.74) is 4.32. The maximum Gasteiger partial charge on any atom is 0.353 e. The average molecular weight is 542 g/mol. The van der Waals surface area contributed by atoms with Crippen LogP contribution in [0.25, 0.3) is 0 Å². The molecule has 0 saturated heterocycles. The molecule has 192 valence electrons. The van der Waals surface area contributed by atoms with Gasteiger partial charge in [-0.15, -0.1) is 22.7 Å². The van der Waals surface area contributed by atoms with Gasteiger partial charge in [0.2, 0.25) is 0 Å². The number of ether oxygens (including phenoxy) is 3. The first kappa shape index (κ1) is 26.0. The van der Waals surface area contributed by atoms with Crippen LogP contribution in [0.2, 0.25) is 0 Å². The first-order valence-electron chi connectivity index (χ1n) is 11.1. The second-order valence-electron chi connectivity index (χ2n) is 7.88. The first-order chi connectivity index (χ1) is 17.8. The molecule has 2 N–H and O–H groups in total. The lowest BCUT2D eigenvalue weighted by Gasteiger charge is -2.11. The summed E-state index contributed by atoms with van der Waals surface area (Å²) in [6.07, 6.45) is 2.46. The van der Waals surface area contributed by atoms with Crippen LogP contribution in [0.5, 0.6) is 11.5 Å². The number of anilines is 1. The second kappa shape index (κ2) is 11.4. The van der Waals surface area contributed by atoms with E-state index in [9.17, 15) is 19.2 Å². The summed E-state index contributed by atoms with van der Waals surface area (Å²) in [7, 11) is 2.70. The van der Waals surface area contributed by atoms with Crippen molar-refractivity contribution >= 4 is 57.1 Å². The molecule has 0 spiro atoms. The Morgan fingerprint density at radius 3 is 2.51 bits per heavy atom. The van der Waals surface area contributed by atoms with Gasteiger partial charge in [-0.2, -0.15) is 5.10 Å². The molecule has 12 heteroatoms. The minimum absolute atomic E-state index is 0.227. The lowest BCUT2D eigenvalue weighted by Crippen LogP contribution is -2.33. The molecule has 37 heavy (non-hydrogen) atoms. The van der Waals surface area contributed by atoms with E-state index in [1.807, 2.05) is 0 Å². The van der Waals surface area contributed by atoms with Crippen molar-refractivity contribution < 1.29 is 33.4 Å². The Labute approximate surface area is 220 Å². The summed E-state index contributed by atoms with van der Waals surface area (Å²) >= 11 is 2.53. The van der Waals surface area contributed by atoms with E-state index in [1.54, 1.807) is 42.6 Å². The number of hydrogen-bond donors (Lipinski definition) is 2. The van der Waals surface area contributed by atoms with Gasteiger partial charge in [-0.1, -0.05) is 6.07 Å². The molecule has 0 radical (unpaired) electrons.